The van der Waals surface area contributed by atoms with Gasteiger partial charge in [-0.25, -0.2) is 0 Å². The van der Waals surface area contributed by atoms with Crippen LogP contribution in [0.25, 0.3) is 22.4 Å². The predicted molar refractivity (Wildman–Crippen MR) is 88.2 cm³/mol. The molecule has 0 radical (unpaired) electrons. The first kappa shape index (κ1) is 14.2. The Morgan fingerprint density at radius 2 is 1.68 bits per heavy atom. The molecule has 3 N–H and O–H groups in total. The molecular formula is C17H17N5. The van der Waals surface area contributed by atoms with E-state index in [0.717, 1.165) is 28.2 Å². The van der Waals surface area contributed by atoms with Crippen molar-refractivity contribution in [2.45, 2.75) is 0 Å². The number of anilines is 1. The molecule has 0 fully saturated rings. The Hall–Kier alpha value is -2.79. The van der Waals surface area contributed by atoms with E-state index in [1.807, 2.05) is 48.5 Å². The minimum absolute atomic E-state index is 0.548. The van der Waals surface area contributed by atoms with Crippen molar-refractivity contribution in [3.05, 3.63) is 60.9 Å². The second-order valence-corrected chi connectivity index (χ2v) is 4.81. The van der Waals surface area contributed by atoms with Gasteiger partial charge in [-0.2, -0.15) is 0 Å². The van der Waals surface area contributed by atoms with Gasteiger partial charge in [0, 0.05) is 36.6 Å². The largest absolute Gasteiger partial charge is 0.367 e. The first-order valence-corrected chi connectivity index (χ1v) is 7.16. The van der Waals surface area contributed by atoms with Crippen LogP contribution < -0.4 is 11.1 Å². The van der Waals surface area contributed by atoms with Crippen molar-refractivity contribution in [3.8, 4) is 22.4 Å². The number of nitrogens with two attached hydrogens (primary N) is 1. The summed E-state index contributed by atoms with van der Waals surface area (Å²) >= 11 is 0. The van der Waals surface area contributed by atoms with E-state index in [-0.39, 0.29) is 0 Å². The summed E-state index contributed by atoms with van der Waals surface area (Å²) in [6, 6.07) is 16.0. The Morgan fingerprint density at radius 3 is 2.41 bits per heavy atom. The summed E-state index contributed by atoms with van der Waals surface area (Å²) in [5, 5.41) is 11.8. The van der Waals surface area contributed by atoms with Gasteiger partial charge in [-0.1, -0.05) is 30.3 Å². The molecular weight excluding hydrogens is 274 g/mol. The second-order valence-electron chi connectivity index (χ2n) is 4.81. The Kier molecular flexibility index (Phi) is 4.36. The third-order valence-corrected chi connectivity index (χ3v) is 3.28. The van der Waals surface area contributed by atoms with Crippen molar-refractivity contribution >= 4 is 5.82 Å². The van der Waals surface area contributed by atoms with Crippen molar-refractivity contribution in [1.82, 2.24) is 15.2 Å². The number of benzene rings is 1. The van der Waals surface area contributed by atoms with E-state index in [2.05, 4.69) is 20.5 Å². The molecule has 0 bridgehead atoms. The van der Waals surface area contributed by atoms with Gasteiger partial charge in [0.05, 0.1) is 0 Å². The van der Waals surface area contributed by atoms with E-state index >= 15 is 0 Å². The Bertz CT molecular complexity index is 729. The topological polar surface area (TPSA) is 76.7 Å². The van der Waals surface area contributed by atoms with E-state index in [1.165, 1.54) is 0 Å². The summed E-state index contributed by atoms with van der Waals surface area (Å²) in [5.41, 5.74) is 9.49. The molecule has 0 aliphatic heterocycles. The molecule has 2 heterocycles. The highest BCUT2D eigenvalue weighted by Crippen LogP contribution is 2.30. The number of aromatic nitrogens is 3. The lowest BCUT2D eigenvalue weighted by Gasteiger charge is -2.11. The van der Waals surface area contributed by atoms with E-state index in [9.17, 15) is 0 Å². The van der Waals surface area contributed by atoms with Gasteiger partial charge >= 0.3 is 0 Å². The lowest BCUT2D eigenvalue weighted by atomic mass is 10.0. The summed E-state index contributed by atoms with van der Waals surface area (Å²) in [6.07, 6.45) is 3.55. The maximum Gasteiger partial charge on any atom is 0.149 e. The molecule has 1 aromatic carbocycles. The summed E-state index contributed by atoms with van der Waals surface area (Å²) < 4.78 is 0. The van der Waals surface area contributed by atoms with Gasteiger partial charge in [-0.05, 0) is 23.8 Å². The number of hydrogen-bond acceptors (Lipinski definition) is 5. The monoisotopic (exact) mass is 291 g/mol. The van der Waals surface area contributed by atoms with E-state index in [0.29, 0.717) is 13.1 Å². The Morgan fingerprint density at radius 1 is 0.909 bits per heavy atom. The zero-order valence-corrected chi connectivity index (χ0v) is 12.1. The van der Waals surface area contributed by atoms with Crippen LogP contribution in [0.1, 0.15) is 0 Å². The number of nitrogens with zero attached hydrogens (tertiary/aromatic N) is 3. The van der Waals surface area contributed by atoms with Crippen LogP contribution >= 0.6 is 0 Å². The van der Waals surface area contributed by atoms with E-state index in [1.54, 1.807) is 12.4 Å². The molecule has 2 aromatic heterocycles. The molecule has 5 nitrogen and oxygen atoms in total. The van der Waals surface area contributed by atoms with Gasteiger partial charge in [-0.3, -0.25) is 4.98 Å². The molecule has 0 aliphatic rings. The molecule has 22 heavy (non-hydrogen) atoms. The lowest BCUT2D eigenvalue weighted by molar-refractivity contribution is 0.975. The predicted octanol–water partition coefficient (Wildman–Crippen LogP) is 2.58. The lowest BCUT2D eigenvalue weighted by Crippen LogP contribution is -2.14. The van der Waals surface area contributed by atoms with Crippen LogP contribution in [-0.2, 0) is 0 Å². The van der Waals surface area contributed by atoms with E-state index < -0.39 is 0 Å². The summed E-state index contributed by atoms with van der Waals surface area (Å²) in [5.74, 6) is 0.719. The highest BCUT2D eigenvalue weighted by atomic mass is 15.2. The SMILES string of the molecule is NCCNc1cc(-c2ccncc2)c(-c2ccccc2)nn1. The quantitative estimate of drug-likeness (QED) is 0.755. The maximum atomic E-state index is 5.53. The van der Waals surface area contributed by atoms with Gasteiger partial charge in [0.15, 0.2) is 0 Å². The van der Waals surface area contributed by atoms with Crippen LogP contribution in [0.4, 0.5) is 5.82 Å². The van der Waals surface area contributed by atoms with Crippen LogP contribution in [0.15, 0.2) is 60.9 Å². The fraction of sp³-hybridized carbons (Fsp3) is 0.118. The third kappa shape index (κ3) is 3.10. The van der Waals surface area contributed by atoms with E-state index in [4.69, 9.17) is 5.73 Å². The smallest absolute Gasteiger partial charge is 0.149 e. The molecule has 110 valence electrons. The minimum Gasteiger partial charge on any atom is -0.367 e. The highest BCUT2D eigenvalue weighted by Gasteiger charge is 2.11. The molecule has 0 unspecified atom stereocenters. The van der Waals surface area contributed by atoms with Gasteiger partial charge in [0.25, 0.3) is 0 Å². The Labute approximate surface area is 129 Å². The summed E-state index contributed by atoms with van der Waals surface area (Å²) in [4.78, 5) is 4.08. The first-order valence-electron chi connectivity index (χ1n) is 7.16. The van der Waals surface area contributed by atoms with Crippen molar-refractivity contribution < 1.29 is 0 Å². The summed E-state index contributed by atoms with van der Waals surface area (Å²) in [6.45, 7) is 1.21. The number of hydrogen-bond donors (Lipinski definition) is 2. The third-order valence-electron chi connectivity index (χ3n) is 3.28. The van der Waals surface area contributed by atoms with Gasteiger partial charge in [0.1, 0.15) is 11.5 Å². The van der Waals surface area contributed by atoms with Gasteiger partial charge in [-0.15, -0.1) is 10.2 Å². The second kappa shape index (κ2) is 6.78. The number of pyridine rings is 1. The highest BCUT2D eigenvalue weighted by molar-refractivity contribution is 5.81. The standard InChI is InChI=1S/C17H17N5/c18-8-11-20-16-12-15(13-6-9-19-10-7-13)17(22-21-16)14-4-2-1-3-5-14/h1-7,9-10,12H,8,11,18H2,(H,20,21). The van der Waals surface area contributed by atoms with Crippen molar-refractivity contribution in [1.29, 1.82) is 0 Å². The molecule has 0 saturated carbocycles. The zero-order chi connectivity index (χ0) is 15.2. The minimum atomic E-state index is 0.548. The van der Waals surface area contributed by atoms with Crippen LogP contribution in [-0.4, -0.2) is 28.3 Å². The van der Waals surface area contributed by atoms with Crippen molar-refractivity contribution in [3.63, 3.8) is 0 Å². The molecule has 0 amide bonds. The van der Waals surface area contributed by atoms with Gasteiger partial charge < -0.3 is 11.1 Å². The first-order chi connectivity index (χ1) is 10.9. The number of rotatable bonds is 5. The van der Waals surface area contributed by atoms with Gasteiger partial charge in [0.2, 0.25) is 0 Å². The molecule has 0 aliphatic carbocycles. The summed E-state index contributed by atoms with van der Waals surface area (Å²) in [7, 11) is 0. The van der Waals surface area contributed by atoms with Crippen LogP contribution in [0.5, 0.6) is 0 Å². The Balaban J connectivity index is 2.09. The number of nitrogens with one attached hydrogen (secondary N) is 1. The molecule has 0 spiro atoms. The normalized spacial score (nSPS) is 10.4. The van der Waals surface area contributed by atoms with Crippen molar-refractivity contribution in [2.75, 3.05) is 18.4 Å². The molecule has 0 atom stereocenters. The molecule has 3 aromatic rings. The van der Waals surface area contributed by atoms with Crippen molar-refractivity contribution in [2.24, 2.45) is 5.73 Å². The fourth-order valence-corrected chi connectivity index (χ4v) is 2.24. The maximum absolute atomic E-state index is 5.53. The average Bonchev–Trinajstić information content (AvgIpc) is 2.61. The van der Waals surface area contributed by atoms with Crippen LogP contribution in [0.2, 0.25) is 0 Å². The molecule has 3 rings (SSSR count). The molecule has 5 heteroatoms. The molecule has 0 saturated heterocycles. The van der Waals surface area contributed by atoms with Crippen LogP contribution in [0, 0.1) is 0 Å². The average molecular weight is 291 g/mol. The zero-order valence-electron chi connectivity index (χ0n) is 12.1. The fourth-order valence-electron chi connectivity index (χ4n) is 2.24. The van der Waals surface area contributed by atoms with Crippen LogP contribution in [0.3, 0.4) is 0 Å².